The number of rotatable bonds is 6. The third kappa shape index (κ3) is 4.45. The number of carbonyl (C=O) groups excluding carboxylic acids is 1. The lowest BCUT2D eigenvalue weighted by molar-refractivity contribution is -0.922. The predicted molar refractivity (Wildman–Crippen MR) is 111 cm³/mol. The molecular weight excluding hydrogens is 374 g/mol. The molecule has 0 saturated carbocycles. The number of anilines is 1. The van der Waals surface area contributed by atoms with Gasteiger partial charge in [-0.25, -0.2) is 9.97 Å². The van der Waals surface area contributed by atoms with E-state index in [0.717, 1.165) is 68.1 Å². The maximum absolute atomic E-state index is 11.1. The fraction of sp³-hybridized carbons (Fsp3) is 0.650. The van der Waals surface area contributed by atoms with Crippen molar-refractivity contribution in [2.45, 2.75) is 39.7 Å². The van der Waals surface area contributed by atoms with Crippen molar-refractivity contribution in [2.24, 2.45) is 5.92 Å². The Bertz CT molecular complexity index is 847. The van der Waals surface area contributed by atoms with Gasteiger partial charge in [0.1, 0.15) is 30.3 Å². The van der Waals surface area contributed by atoms with Crippen LogP contribution >= 0.6 is 11.3 Å². The van der Waals surface area contributed by atoms with Gasteiger partial charge in [0, 0.05) is 24.9 Å². The first-order valence-electron chi connectivity index (χ1n) is 10.3. The van der Waals surface area contributed by atoms with Gasteiger partial charge in [-0.15, -0.1) is 11.3 Å². The maximum atomic E-state index is 11.1. The van der Waals surface area contributed by atoms with Crippen LogP contribution in [0.1, 0.15) is 36.5 Å². The second-order valence-corrected chi connectivity index (χ2v) is 9.05. The van der Waals surface area contributed by atoms with Crippen molar-refractivity contribution >= 4 is 33.3 Å². The van der Waals surface area contributed by atoms with Crippen molar-refractivity contribution in [2.75, 3.05) is 44.7 Å². The number of nitrogens with zero attached hydrogens (tertiary/aromatic N) is 2. The number of hydrogen-bond acceptors (Lipinski definition) is 6. The molecule has 8 heteroatoms. The highest BCUT2D eigenvalue weighted by atomic mass is 32.1. The summed E-state index contributed by atoms with van der Waals surface area (Å²) in [4.78, 5) is 25.1. The Hall–Kier alpha value is -1.77. The summed E-state index contributed by atoms with van der Waals surface area (Å²) >= 11 is 1.84. The van der Waals surface area contributed by atoms with E-state index in [-0.39, 0.29) is 5.91 Å². The van der Waals surface area contributed by atoms with Gasteiger partial charge in [-0.2, -0.15) is 0 Å². The number of quaternary nitrogens is 1. The lowest BCUT2D eigenvalue weighted by atomic mass is 9.89. The third-order valence-electron chi connectivity index (χ3n) is 5.60. The molecule has 3 N–H and O–H groups in total. The van der Waals surface area contributed by atoms with E-state index in [1.807, 2.05) is 11.3 Å². The van der Waals surface area contributed by atoms with Crippen LogP contribution < -0.4 is 15.5 Å². The van der Waals surface area contributed by atoms with Crippen LogP contribution in [-0.4, -0.2) is 55.3 Å². The highest BCUT2D eigenvalue weighted by Crippen LogP contribution is 2.39. The Labute approximate surface area is 169 Å². The zero-order chi connectivity index (χ0) is 19.5. The summed E-state index contributed by atoms with van der Waals surface area (Å²) in [6.07, 6.45) is 3.48. The van der Waals surface area contributed by atoms with E-state index in [0.29, 0.717) is 13.1 Å². The van der Waals surface area contributed by atoms with E-state index < -0.39 is 0 Å². The average Bonchev–Trinajstić information content (AvgIpc) is 3.03. The van der Waals surface area contributed by atoms with E-state index >= 15 is 0 Å². The molecule has 1 fully saturated rings. The van der Waals surface area contributed by atoms with Crippen molar-refractivity contribution in [3.63, 3.8) is 0 Å². The lowest BCUT2D eigenvalue weighted by Gasteiger charge is -2.23. The number of hydrogen-bond donors (Lipinski definition) is 3. The SMILES string of the molecule is CC(=O)NCCNc1nc(C[NH+]2CCOCC2)nc2sc3c(c12)CC[C@H](C)C3. The summed E-state index contributed by atoms with van der Waals surface area (Å²) in [6, 6.07) is 0. The lowest BCUT2D eigenvalue weighted by Crippen LogP contribution is -3.12. The predicted octanol–water partition coefficient (Wildman–Crippen LogP) is 0.779. The second-order valence-electron chi connectivity index (χ2n) is 7.97. The molecule has 0 bridgehead atoms. The highest BCUT2D eigenvalue weighted by molar-refractivity contribution is 7.19. The normalized spacial score (nSPS) is 20.1. The van der Waals surface area contributed by atoms with Gasteiger partial charge in [0.2, 0.25) is 5.91 Å². The molecule has 1 amide bonds. The van der Waals surface area contributed by atoms with Crippen molar-refractivity contribution in [1.29, 1.82) is 0 Å². The average molecular weight is 405 g/mol. The standard InChI is InChI=1S/C20H29N5O2S/c1-13-3-4-15-16(11-13)28-20-18(15)19(22-6-5-21-14(2)26)23-17(24-20)12-25-7-9-27-10-8-25/h13H,3-12H2,1-2H3,(H,21,26)(H,22,23,24)/p+1/t13-/m0/s1. The largest absolute Gasteiger partial charge is 0.370 e. The minimum absolute atomic E-state index is 0.00635. The second kappa shape index (κ2) is 8.71. The van der Waals surface area contributed by atoms with Crippen LogP contribution in [0.3, 0.4) is 0 Å². The number of carbonyl (C=O) groups is 1. The van der Waals surface area contributed by atoms with Crippen LogP contribution in [0, 0.1) is 5.92 Å². The first-order valence-corrected chi connectivity index (χ1v) is 11.1. The molecule has 4 rings (SSSR count). The zero-order valence-corrected chi connectivity index (χ0v) is 17.6. The van der Waals surface area contributed by atoms with Gasteiger partial charge in [0.25, 0.3) is 0 Å². The molecule has 0 spiro atoms. The van der Waals surface area contributed by atoms with Crippen LogP contribution in [0.4, 0.5) is 5.82 Å². The minimum atomic E-state index is -0.00635. The Morgan fingerprint density at radius 3 is 2.89 bits per heavy atom. The van der Waals surface area contributed by atoms with Crippen LogP contribution in [0.15, 0.2) is 0 Å². The summed E-state index contributed by atoms with van der Waals surface area (Å²) in [7, 11) is 0. The molecule has 0 aromatic carbocycles. The van der Waals surface area contributed by atoms with Gasteiger partial charge < -0.3 is 20.3 Å². The minimum Gasteiger partial charge on any atom is -0.370 e. The molecule has 2 aromatic heterocycles. The Morgan fingerprint density at radius 2 is 2.11 bits per heavy atom. The number of aromatic nitrogens is 2. The summed E-state index contributed by atoms with van der Waals surface area (Å²) in [5.41, 5.74) is 1.44. The number of thiophene rings is 1. The Kier molecular flexibility index (Phi) is 6.08. The van der Waals surface area contributed by atoms with Crippen molar-refractivity contribution in [3.8, 4) is 0 Å². The van der Waals surface area contributed by atoms with Gasteiger partial charge in [-0.1, -0.05) is 6.92 Å². The van der Waals surface area contributed by atoms with Crippen LogP contribution in [0.25, 0.3) is 10.2 Å². The topological polar surface area (TPSA) is 80.6 Å². The Morgan fingerprint density at radius 1 is 1.29 bits per heavy atom. The molecule has 2 aromatic rings. The maximum Gasteiger partial charge on any atom is 0.216 e. The Balaban J connectivity index is 1.62. The molecule has 1 aliphatic heterocycles. The summed E-state index contributed by atoms with van der Waals surface area (Å²) in [5.74, 6) is 2.57. The fourth-order valence-electron chi connectivity index (χ4n) is 4.07. The number of ether oxygens (including phenoxy) is 1. The molecule has 1 saturated heterocycles. The van der Waals surface area contributed by atoms with Crippen LogP contribution in [-0.2, 0) is 28.9 Å². The van der Waals surface area contributed by atoms with E-state index in [1.54, 1.807) is 6.92 Å². The van der Waals surface area contributed by atoms with Crippen molar-refractivity contribution in [1.82, 2.24) is 15.3 Å². The molecule has 1 atom stereocenters. The number of morpholine rings is 1. The number of nitrogens with one attached hydrogen (secondary N) is 3. The van der Waals surface area contributed by atoms with Gasteiger partial charge in [-0.05, 0) is 30.7 Å². The summed E-state index contributed by atoms with van der Waals surface area (Å²) in [5, 5.41) is 7.52. The number of amides is 1. The molecule has 7 nitrogen and oxygen atoms in total. The quantitative estimate of drug-likeness (QED) is 0.620. The monoisotopic (exact) mass is 404 g/mol. The van der Waals surface area contributed by atoms with E-state index in [1.165, 1.54) is 27.1 Å². The molecule has 3 heterocycles. The number of fused-ring (bicyclic) bond motifs is 3. The fourth-order valence-corrected chi connectivity index (χ4v) is 5.47. The van der Waals surface area contributed by atoms with Gasteiger partial charge in [-0.3, -0.25) is 4.79 Å². The van der Waals surface area contributed by atoms with Crippen molar-refractivity contribution in [3.05, 3.63) is 16.3 Å². The van der Waals surface area contributed by atoms with Gasteiger partial charge >= 0.3 is 0 Å². The molecule has 152 valence electrons. The molecule has 28 heavy (non-hydrogen) atoms. The molecule has 2 aliphatic rings. The molecule has 0 radical (unpaired) electrons. The third-order valence-corrected chi connectivity index (χ3v) is 6.75. The smallest absolute Gasteiger partial charge is 0.216 e. The van der Waals surface area contributed by atoms with E-state index in [9.17, 15) is 4.79 Å². The first kappa shape index (κ1) is 19.5. The molecule has 0 unspecified atom stereocenters. The highest BCUT2D eigenvalue weighted by Gasteiger charge is 2.25. The van der Waals surface area contributed by atoms with Crippen LogP contribution in [0.5, 0.6) is 0 Å². The molecular formula is C20H30N5O2S+. The van der Waals surface area contributed by atoms with Crippen LogP contribution in [0.2, 0.25) is 0 Å². The van der Waals surface area contributed by atoms with Crippen molar-refractivity contribution < 1.29 is 14.4 Å². The molecule has 1 aliphatic carbocycles. The van der Waals surface area contributed by atoms with Gasteiger partial charge in [0.05, 0.1) is 18.6 Å². The summed E-state index contributed by atoms with van der Waals surface area (Å²) < 4.78 is 5.47. The number of aryl methyl sites for hydroxylation is 1. The zero-order valence-electron chi connectivity index (χ0n) is 16.8. The van der Waals surface area contributed by atoms with Gasteiger partial charge in [0.15, 0.2) is 5.82 Å². The van der Waals surface area contributed by atoms with E-state index in [4.69, 9.17) is 14.7 Å². The van der Waals surface area contributed by atoms with E-state index in [2.05, 4.69) is 17.6 Å². The first-order chi connectivity index (χ1) is 13.6. The summed E-state index contributed by atoms with van der Waals surface area (Å²) in [6.45, 7) is 9.59.